The normalized spacial score (nSPS) is 11.9. The van der Waals surface area contributed by atoms with Crippen LogP contribution in [0.15, 0.2) is 36.7 Å². The summed E-state index contributed by atoms with van der Waals surface area (Å²) in [6.45, 7) is 5.17. The van der Waals surface area contributed by atoms with Crippen molar-refractivity contribution in [3.63, 3.8) is 0 Å². The van der Waals surface area contributed by atoms with Gasteiger partial charge in [-0.25, -0.2) is 0 Å². The highest BCUT2D eigenvalue weighted by molar-refractivity contribution is 5.84. The lowest BCUT2D eigenvalue weighted by Gasteiger charge is -2.25. The van der Waals surface area contributed by atoms with Gasteiger partial charge in [0.2, 0.25) is 0 Å². The van der Waals surface area contributed by atoms with Gasteiger partial charge in [-0.3, -0.25) is 4.98 Å². The molecule has 0 bridgehead atoms. The van der Waals surface area contributed by atoms with E-state index in [2.05, 4.69) is 36.3 Å². The Balaban J connectivity index is 2.17. The molecular formula is C15H20N2O. The highest BCUT2D eigenvalue weighted by atomic mass is 16.3. The lowest BCUT2D eigenvalue weighted by atomic mass is 10.00. The average molecular weight is 244 g/mol. The summed E-state index contributed by atoms with van der Waals surface area (Å²) < 4.78 is 0. The van der Waals surface area contributed by atoms with E-state index in [0.717, 1.165) is 18.4 Å². The van der Waals surface area contributed by atoms with Crippen molar-refractivity contribution < 1.29 is 5.11 Å². The standard InChI is InChI=1S/C15H20N2O/c1-15(2,7-8-18)17-11-13-10-16-9-12-5-3-4-6-14(12)13/h3-6,9-10,17-18H,7-8,11H2,1-2H3. The molecule has 1 aromatic heterocycles. The molecule has 0 saturated heterocycles. The van der Waals surface area contributed by atoms with Crippen molar-refractivity contribution in [3.05, 3.63) is 42.2 Å². The first-order valence-corrected chi connectivity index (χ1v) is 6.30. The summed E-state index contributed by atoms with van der Waals surface area (Å²) in [6, 6.07) is 8.26. The van der Waals surface area contributed by atoms with E-state index in [1.807, 2.05) is 24.5 Å². The van der Waals surface area contributed by atoms with Crippen LogP contribution in [0.25, 0.3) is 10.8 Å². The second kappa shape index (κ2) is 5.46. The Hall–Kier alpha value is -1.45. The van der Waals surface area contributed by atoms with Crippen molar-refractivity contribution in [1.82, 2.24) is 10.3 Å². The first-order chi connectivity index (χ1) is 8.62. The summed E-state index contributed by atoms with van der Waals surface area (Å²) in [4.78, 5) is 4.27. The number of benzene rings is 1. The Morgan fingerprint density at radius 3 is 2.78 bits per heavy atom. The van der Waals surface area contributed by atoms with Crippen molar-refractivity contribution in [2.75, 3.05) is 6.61 Å². The summed E-state index contributed by atoms with van der Waals surface area (Å²) in [5.74, 6) is 0. The number of rotatable bonds is 5. The van der Waals surface area contributed by atoms with Gasteiger partial charge in [0, 0.05) is 36.5 Å². The van der Waals surface area contributed by atoms with Crippen LogP contribution in [0.4, 0.5) is 0 Å². The summed E-state index contributed by atoms with van der Waals surface area (Å²) in [5, 5.41) is 14.9. The number of hydrogen-bond donors (Lipinski definition) is 2. The van der Waals surface area contributed by atoms with Crippen molar-refractivity contribution >= 4 is 10.8 Å². The molecule has 0 amide bonds. The van der Waals surface area contributed by atoms with E-state index in [9.17, 15) is 0 Å². The molecule has 2 rings (SSSR count). The van der Waals surface area contributed by atoms with E-state index in [1.54, 1.807) is 0 Å². The first kappa shape index (κ1) is 13.0. The summed E-state index contributed by atoms with van der Waals surface area (Å²) in [7, 11) is 0. The van der Waals surface area contributed by atoms with Crippen molar-refractivity contribution in [1.29, 1.82) is 0 Å². The van der Waals surface area contributed by atoms with Crippen LogP contribution in [0.1, 0.15) is 25.8 Å². The Labute approximate surface area is 108 Å². The zero-order valence-corrected chi connectivity index (χ0v) is 11.0. The zero-order chi connectivity index (χ0) is 13.0. The summed E-state index contributed by atoms with van der Waals surface area (Å²) >= 11 is 0. The number of nitrogens with zero attached hydrogens (tertiary/aromatic N) is 1. The van der Waals surface area contributed by atoms with Crippen LogP contribution in [0.3, 0.4) is 0 Å². The molecule has 2 aromatic rings. The molecule has 18 heavy (non-hydrogen) atoms. The summed E-state index contributed by atoms with van der Waals surface area (Å²) in [6.07, 6.45) is 4.53. The predicted octanol–water partition coefficient (Wildman–Crippen LogP) is 2.49. The van der Waals surface area contributed by atoms with Crippen molar-refractivity contribution in [2.45, 2.75) is 32.4 Å². The molecular weight excluding hydrogens is 224 g/mol. The van der Waals surface area contributed by atoms with E-state index in [1.165, 1.54) is 10.9 Å². The second-order valence-corrected chi connectivity index (χ2v) is 5.23. The van der Waals surface area contributed by atoms with Crippen molar-refractivity contribution in [3.8, 4) is 0 Å². The van der Waals surface area contributed by atoms with Gasteiger partial charge in [0.25, 0.3) is 0 Å². The molecule has 3 nitrogen and oxygen atoms in total. The smallest absolute Gasteiger partial charge is 0.0448 e. The van der Waals surface area contributed by atoms with Gasteiger partial charge in [-0.15, -0.1) is 0 Å². The number of aliphatic hydroxyl groups is 1. The van der Waals surface area contributed by atoms with Gasteiger partial charge in [0.1, 0.15) is 0 Å². The molecule has 0 aliphatic heterocycles. The predicted molar refractivity (Wildman–Crippen MR) is 74.4 cm³/mol. The molecule has 1 heterocycles. The molecule has 0 spiro atoms. The number of nitrogens with one attached hydrogen (secondary N) is 1. The molecule has 1 aromatic carbocycles. The minimum absolute atomic E-state index is 0.0638. The molecule has 0 fully saturated rings. The SMILES string of the molecule is CC(C)(CCO)NCc1cncc2ccccc12. The molecule has 0 saturated carbocycles. The van der Waals surface area contributed by atoms with Crippen molar-refractivity contribution in [2.24, 2.45) is 0 Å². The molecule has 0 unspecified atom stereocenters. The molecule has 3 heteroatoms. The van der Waals surface area contributed by atoms with Gasteiger partial charge in [-0.05, 0) is 31.2 Å². The second-order valence-electron chi connectivity index (χ2n) is 5.23. The van der Waals surface area contributed by atoms with Gasteiger partial charge in [0.05, 0.1) is 0 Å². The van der Waals surface area contributed by atoms with E-state index < -0.39 is 0 Å². The Morgan fingerprint density at radius 2 is 2.00 bits per heavy atom. The summed E-state index contributed by atoms with van der Waals surface area (Å²) in [5.41, 5.74) is 1.13. The fraction of sp³-hybridized carbons (Fsp3) is 0.400. The maximum Gasteiger partial charge on any atom is 0.0448 e. The third kappa shape index (κ3) is 3.06. The quantitative estimate of drug-likeness (QED) is 0.849. The largest absolute Gasteiger partial charge is 0.396 e. The third-order valence-electron chi connectivity index (χ3n) is 3.24. The van der Waals surface area contributed by atoms with Crippen LogP contribution in [0.5, 0.6) is 0 Å². The van der Waals surface area contributed by atoms with Gasteiger partial charge in [0.15, 0.2) is 0 Å². The first-order valence-electron chi connectivity index (χ1n) is 6.30. The Morgan fingerprint density at radius 1 is 1.22 bits per heavy atom. The number of pyridine rings is 1. The maximum absolute atomic E-state index is 9.02. The highest BCUT2D eigenvalue weighted by Gasteiger charge is 2.16. The number of aromatic nitrogens is 1. The van der Waals surface area contributed by atoms with Gasteiger partial charge in [-0.2, -0.15) is 0 Å². The lowest BCUT2D eigenvalue weighted by molar-refractivity contribution is 0.230. The zero-order valence-electron chi connectivity index (χ0n) is 11.0. The van der Waals surface area contributed by atoms with Crippen LogP contribution in [-0.2, 0) is 6.54 Å². The molecule has 0 aliphatic carbocycles. The fourth-order valence-corrected chi connectivity index (χ4v) is 2.02. The molecule has 2 N–H and O–H groups in total. The minimum Gasteiger partial charge on any atom is -0.396 e. The van der Waals surface area contributed by atoms with Gasteiger partial charge < -0.3 is 10.4 Å². The Kier molecular flexibility index (Phi) is 3.94. The van der Waals surface area contributed by atoms with Gasteiger partial charge >= 0.3 is 0 Å². The Bertz CT molecular complexity index is 517. The lowest BCUT2D eigenvalue weighted by Crippen LogP contribution is -2.39. The van der Waals surface area contributed by atoms with E-state index in [0.29, 0.717) is 0 Å². The van der Waals surface area contributed by atoms with Crippen LogP contribution in [-0.4, -0.2) is 22.2 Å². The molecule has 96 valence electrons. The van der Waals surface area contributed by atoms with Gasteiger partial charge in [-0.1, -0.05) is 24.3 Å². The van der Waals surface area contributed by atoms with Crippen LogP contribution in [0.2, 0.25) is 0 Å². The van der Waals surface area contributed by atoms with E-state index in [-0.39, 0.29) is 12.1 Å². The number of aliphatic hydroxyl groups excluding tert-OH is 1. The maximum atomic E-state index is 9.02. The third-order valence-corrected chi connectivity index (χ3v) is 3.24. The number of fused-ring (bicyclic) bond motifs is 1. The monoisotopic (exact) mass is 244 g/mol. The fourth-order valence-electron chi connectivity index (χ4n) is 2.02. The number of hydrogen-bond acceptors (Lipinski definition) is 3. The highest BCUT2D eigenvalue weighted by Crippen LogP contribution is 2.18. The topological polar surface area (TPSA) is 45.1 Å². The van der Waals surface area contributed by atoms with Crippen LogP contribution in [0, 0.1) is 0 Å². The minimum atomic E-state index is -0.0638. The average Bonchev–Trinajstić information content (AvgIpc) is 2.36. The molecule has 0 radical (unpaired) electrons. The molecule has 0 aliphatic rings. The molecule has 0 atom stereocenters. The van der Waals surface area contributed by atoms with E-state index >= 15 is 0 Å². The van der Waals surface area contributed by atoms with Crippen LogP contribution >= 0.6 is 0 Å². The van der Waals surface area contributed by atoms with E-state index in [4.69, 9.17) is 5.11 Å². The van der Waals surface area contributed by atoms with Crippen LogP contribution < -0.4 is 5.32 Å².